The van der Waals surface area contributed by atoms with Gasteiger partial charge in [0.25, 0.3) is 0 Å². The summed E-state index contributed by atoms with van der Waals surface area (Å²) in [4.78, 5) is 11.1. The molecule has 0 saturated carbocycles. The van der Waals surface area contributed by atoms with E-state index in [4.69, 9.17) is 4.74 Å². The van der Waals surface area contributed by atoms with Crippen LogP contribution in [-0.4, -0.2) is 12.6 Å². The van der Waals surface area contributed by atoms with E-state index in [1.807, 2.05) is 0 Å². The standard InChI is InChI=1S/C16H30O2.Au/c1-4-5-6-7-8-9-10-11-12-13-14-18-16(17)15(2)3;/h2,4-14H2,1,3H3;. The third kappa shape index (κ3) is 15.9. The Morgan fingerprint density at radius 1 is 0.895 bits per heavy atom. The SMILES string of the molecule is C=C(C)C(=O)OCCCCCCCCCCCC.[Au]. The van der Waals surface area contributed by atoms with Gasteiger partial charge in [-0.25, -0.2) is 4.79 Å². The fourth-order valence-electron chi connectivity index (χ4n) is 1.88. The summed E-state index contributed by atoms with van der Waals surface area (Å²) < 4.78 is 5.04. The Balaban J connectivity index is 0. The topological polar surface area (TPSA) is 26.3 Å². The average Bonchev–Trinajstić information content (AvgIpc) is 2.35. The van der Waals surface area contributed by atoms with Crippen molar-refractivity contribution in [1.82, 2.24) is 0 Å². The van der Waals surface area contributed by atoms with Gasteiger partial charge in [-0.15, -0.1) is 0 Å². The Labute approximate surface area is 134 Å². The molecule has 0 aliphatic carbocycles. The summed E-state index contributed by atoms with van der Waals surface area (Å²) in [7, 11) is 0. The van der Waals surface area contributed by atoms with E-state index in [1.165, 1.54) is 57.8 Å². The van der Waals surface area contributed by atoms with Crippen LogP contribution in [0.4, 0.5) is 0 Å². The van der Waals surface area contributed by atoms with Crippen molar-refractivity contribution < 1.29 is 31.9 Å². The van der Waals surface area contributed by atoms with E-state index in [1.54, 1.807) is 6.92 Å². The molecule has 0 bridgehead atoms. The van der Waals surface area contributed by atoms with Crippen LogP contribution in [0.5, 0.6) is 0 Å². The van der Waals surface area contributed by atoms with Crippen LogP contribution in [-0.2, 0) is 31.9 Å². The maximum absolute atomic E-state index is 11.1. The maximum Gasteiger partial charge on any atom is 0.333 e. The van der Waals surface area contributed by atoms with Crippen LogP contribution in [0.15, 0.2) is 12.2 Å². The van der Waals surface area contributed by atoms with E-state index < -0.39 is 0 Å². The molecule has 0 N–H and O–H groups in total. The van der Waals surface area contributed by atoms with Gasteiger partial charge in [-0.1, -0.05) is 71.3 Å². The fraction of sp³-hybridized carbons (Fsp3) is 0.812. The van der Waals surface area contributed by atoms with E-state index >= 15 is 0 Å². The molecular formula is C16H30AuO2. The van der Waals surface area contributed by atoms with Crippen LogP contribution in [0.2, 0.25) is 0 Å². The maximum atomic E-state index is 11.1. The summed E-state index contributed by atoms with van der Waals surface area (Å²) in [6, 6.07) is 0. The van der Waals surface area contributed by atoms with Crippen LogP contribution in [0.3, 0.4) is 0 Å². The summed E-state index contributed by atoms with van der Waals surface area (Å²) in [6.45, 7) is 8.03. The van der Waals surface area contributed by atoms with Gasteiger partial charge in [0.2, 0.25) is 0 Å². The summed E-state index contributed by atoms with van der Waals surface area (Å²) in [5, 5.41) is 0. The summed E-state index contributed by atoms with van der Waals surface area (Å²) in [6.07, 6.45) is 13.0. The normalized spacial score (nSPS) is 9.79. The van der Waals surface area contributed by atoms with Gasteiger partial charge in [0.1, 0.15) is 0 Å². The van der Waals surface area contributed by atoms with Gasteiger partial charge in [-0.05, 0) is 13.3 Å². The van der Waals surface area contributed by atoms with Crippen molar-refractivity contribution in [2.24, 2.45) is 0 Å². The number of rotatable bonds is 12. The predicted molar refractivity (Wildman–Crippen MR) is 77.6 cm³/mol. The van der Waals surface area contributed by atoms with Gasteiger partial charge < -0.3 is 4.74 Å². The van der Waals surface area contributed by atoms with E-state index in [-0.39, 0.29) is 28.3 Å². The second-order valence-corrected chi connectivity index (χ2v) is 5.10. The first-order valence-corrected chi connectivity index (χ1v) is 7.51. The van der Waals surface area contributed by atoms with E-state index in [0.717, 1.165) is 6.42 Å². The van der Waals surface area contributed by atoms with Crippen molar-refractivity contribution in [3.05, 3.63) is 12.2 Å². The van der Waals surface area contributed by atoms with Gasteiger partial charge >= 0.3 is 5.97 Å². The van der Waals surface area contributed by atoms with Crippen molar-refractivity contribution in [1.29, 1.82) is 0 Å². The number of hydrogen-bond donors (Lipinski definition) is 0. The third-order valence-corrected chi connectivity index (χ3v) is 3.08. The summed E-state index contributed by atoms with van der Waals surface area (Å²) >= 11 is 0. The molecule has 0 saturated heterocycles. The minimum atomic E-state index is -0.258. The van der Waals surface area contributed by atoms with Gasteiger partial charge in [-0.3, -0.25) is 0 Å². The zero-order chi connectivity index (χ0) is 13.6. The van der Waals surface area contributed by atoms with Crippen molar-refractivity contribution >= 4 is 5.97 Å². The number of hydrogen-bond acceptors (Lipinski definition) is 2. The molecule has 0 unspecified atom stereocenters. The number of carbonyl (C=O) groups is 1. The molecule has 0 aliphatic heterocycles. The zero-order valence-corrected chi connectivity index (χ0v) is 14.8. The average molecular weight is 451 g/mol. The molecule has 0 aromatic heterocycles. The van der Waals surface area contributed by atoms with Gasteiger partial charge in [0.05, 0.1) is 6.61 Å². The molecule has 1 radical (unpaired) electrons. The van der Waals surface area contributed by atoms with Gasteiger partial charge in [-0.2, -0.15) is 0 Å². The smallest absolute Gasteiger partial charge is 0.333 e. The van der Waals surface area contributed by atoms with Crippen molar-refractivity contribution in [3.63, 3.8) is 0 Å². The minimum Gasteiger partial charge on any atom is -0.462 e. The first-order chi connectivity index (χ1) is 8.68. The van der Waals surface area contributed by atoms with Crippen molar-refractivity contribution in [2.75, 3.05) is 6.61 Å². The van der Waals surface area contributed by atoms with E-state index in [0.29, 0.717) is 12.2 Å². The van der Waals surface area contributed by atoms with E-state index in [9.17, 15) is 4.79 Å². The molecule has 0 aromatic rings. The molecule has 0 heterocycles. The Morgan fingerprint density at radius 3 is 1.74 bits per heavy atom. The molecule has 0 rings (SSSR count). The zero-order valence-electron chi connectivity index (χ0n) is 12.6. The molecule has 0 amide bonds. The Hall–Kier alpha value is -0.0497. The first kappa shape index (κ1) is 21.3. The molecule has 3 heteroatoms. The number of esters is 1. The second-order valence-electron chi connectivity index (χ2n) is 5.10. The fourth-order valence-corrected chi connectivity index (χ4v) is 1.88. The molecule has 0 aromatic carbocycles. The van der Waals surface area contributed by atoms with Crippen LogP contribution < -0.4 is 0 Å². The quantitative estimate of drug-likeness (QED) is 0.180. The van der Waals surface area contributed by atoms with Crippen LogP contribution in [0, 0.1) is 0 Å². The van der Waals surface area contributed by atoms with Gasteiger partial charge in [0.15, 0.2) is 0 Å². The Kier molecular flexibility index (Phi) is 17.9. The van der Waals surface area contributed by atoms with Crippen LogP contribution in [0.1, 0.15) is 78.1 Å². The second kappa shape index (κ2) is 16.0. The first-order valence-electron chi connectivity index (χ1n) is 7.51. The summed E-state index contributed by atoms with van der Waals surface area (Å²) in [5.41, 5.74) is 0.488. The predicted octanol–water partition coefficient (Wildman–Crippen LogP) is 5.02. The van der Waals surface area contributed by atoms with Crippen molar-refractivity contribution in [2.45, 2.75) is 78.1 Å². The van der Waals surface area contributed by atoms with Crippen LogP contribution >= 0.6 is 0 Å². The largest absolute Gasteiger partial charge is 0.462 e. The molecule has 2 nitrogen and oxygen atoms in total. The minimum absolute atomic E-state index is 0. The molecule has 117 valence electrons. The number of carbonyl (C=O) groups excluding carboxylic acids is 1. The monoisotopic (exact) mass is 451 g/mol. The summed E-state index contributed by atoms with van der Waals surface area (Å²) in [5.74, 6) is -0.258. The van der Waals surface area contributed by atoms with Crippen LogP contribution in [0.25, 0.3) is 0 Å². The molecule has 0 spiro atoms. The van der Waals surface area contributed by atoms with E-state index in [2.05, 4.69) is 13.5 Å². The molecule has 0 aliphatic rings. The van der Waals surface area contributed by atoms with Crippen molar-refractivity contribution in [3.8, 4) is 0 Å². The number of unbranched alkanes of at least 4 members (excludes halogenated alkanes) is 9. The Morgan fingerprint density at radius 2 is 1.32 bits per heavy atom. The molecular weight excluding hydrogens is 421 g/mol. The number of ether oxygens (including phenoxy) is 1. The Bertz CT molecular complexity index is 227. The molecule has 0 atom stereocenters. The molecule has 0 fully saturated rings. The molecule has 19 heavy (non-hydrogen) atoms. The third-order valence-electron chi connectivity index (χ3n) is 3.08. The van der Waals surface area contributed by atoms with Gasteiger partial charge in [0, 0.05) is 28.0 Å².